The van der Waals surface area contributed by atoms with Gasteiger partial charge in [-0.15, -0.1) is 0 Å². The van der Waals surface area contributed by atoms with Gasteiger partial charge < -0.3 is 168 Å². The molecule has 0 aromatic rings. The number of rotatable bonds is 7. The van der Waals surface area contributed by atoms with Gasteiger partial charge in [0.15, 0.2) is 44.0 Å². The molecular formula is C42H69FO34. The summed E-state index contributed by atoms with van der Waals surface area (Å²) in [6.45, 7) is -7.91. The molecule has 21 saturated heterocycles. The largest absolute Gasteiger partial charge is 0.394 e. The van der Waals surface area contributed by atoms with Gasteiger partial charge in [0.2, 0.25) is 0 Å². The second kappa shape index (κ2) is 26.0. The number of aliphatic hydroxyl groups excluding tert-OH is 20. The Morgan fingerprint density at radius 3 is 0.455 bits per heavy atom. The summed E-state index contributed by atoms with van der Waals surface area (Å²) in [5.74, 6) is 0. The highest BCUT2D eigenvalue weighted by Crippen LogP contribution is 2.39. The third-order valence-corrected chi connectivity index (χ3v) is 14.8. The SMILES string of the molecule is OC[C@H]1O[C@@H]2O[C@H]3[C@H](O)[C@@H](O)[C@@H](O[C@H]4[C@H](O)[C@@H](O)[C@@H](O[C@H]5[C@H](O)[C@@H](O)[C@@H](O[C@H]6[C@@H](O)[C@H](O)[C@@H](O[C@H]7[C@@H](O)[C@H](O)[C@@H](O[C@H]8[C@H](O)[C@@H](O)C(O[C@H]1[C@H](O)[C@H]2O)O[C@@H]8CO)O[C@@H]7CO)O[C@@H]6CF)O[C@@H]5CO)O[C@@H]4CO)O[C@@H]3CO. The first kappa shape index (κ1) is 61.6. The summed E-state index contributed by atoms with van der Waals surface area (Å²) < 4.78 is 93.8. The van der Waals surface area contributed by atoms with E-state index in [1.54, 1.807) is 0 Å². The van der Waals surface area contributed by atoms with E-state index in [0.29, 0.717) is 0 Å². The first-order chi connectivity index (χ1) is 36.7. The number of hydrogen-bond acceptors (Lipinski definition) is 34. The van der Waals surface area contributed by atoms with Crippen molar-refractivity contribution in [1.82, 2.24) is 0 Å². The Morgan fingerprint density at radius 2 is 0.325 bits per heavy atom. The van der Waals surface area contributed by atoms with Gasteiger partial charge in [0.05, 0.1) is 39.6 Å². The quantitative estimate of drug-likeness (QED) is 0.113. The highest BCUT2D eigenvalue weighted by molar-refractivity contribution is 5.01. The van der Waals surface area contributed by atoms with Crippen LogP contribution >= 0.6 is 0 Å². The van der Waals surface area contributed by atoms with Crippen LogP contribution in [0.3, 0.4) is 0 Å². The van der Waals surface area contributed by atoms with E-state index >= 15 is 0 Å². The Bertz CT molecular complexity index is 1470. The predicted octanol–water partition coefficient (Wildman–Crippen LogP) is -14.3. The van der Waals surface area contributed by atoms with Crippen LogP contribution in [0.25, 0.3) is 0 Å². The van der Waals surface area contributed by atoms with Crippen molar-refractivity contribution in [3.63, 3.8) is 0 Å². The van der Waals surface area contributed by atoms with Gasteiger partial charge in [-0.05, 0) is 0 Å². The Balaban J connectivity index is 1.08. The standard InChI is InChI=1S/C42H69FO34/c43-1-8-29-15(50)22(57)36(64-8)72-30-9(2-44)66-38(24(59)17(30)52)74-32-11(4-46)68-40(26(61)19(32)54)76-34-13(6-48)70-42(28(63)21(34)56)77-35-14(7-49)69-41(27(62)20(35)55)75-33-12(5-47)67-39(25(60)18(33)53)73-31-10(3-45)65-37(71-29)23(58)16(31)51/h8-42,44-63H,1-7H2/t8-,9-,10-,11-,12-,13-,14-,15+,16-,17+,18-,19-,20-,21-,22+,23-,24+,25-,26-,27-,28-,29-,30-,31-,32-,33-,34-,35-,36-,37-,38-,39-,40?,41-,42-/m1/s1. The van der Waals surface area contributed by atoms with Crippen LogP contribution in [0.1, 0.15) is 0 Å². The Hall–Kier alpha value is -1.43. The van der Waals surface area contributed by atoms with Crippen LogP contribution in [-0.4, -0.2) is 363 Å². The number of aliphatic hydroxyl groups is 20. The molecule has 21 aliphatic heterocycles. The van der Waals surface area contributed by atoms with E-state index in [2.05, 4.69) is 0 Å². The molecule has 0 saturated carbocycles. The van der Waals surface area contributed by atoms with Crippen LogP contribution in [0.15, 0.2) is 0 Å². The molecule has 0 radical (unpaired) electrons. The van der Waals surface area contributed by atoms with E-state index in [4.69, 9.17) is 66.3 Å². The third-order valence-electron chi connectivity index (χ3n) is 14.8. The van der Waals surface area contributed by atoms with Crippen molar-refractivity contribution < 1.29 is 173 Å². The molecule has 21 rings (SSSR count). The van der Waals surface area contributed by atoms with E-state index in [0.717, 1.165) is 0 Å². The summed E-state index contributed by atoms with van der Waals surface area (Å²) in [6.07, 6.45) is -71.3. The van der Waals surface area contributed by atoms with E-state index in [1.165, 1.54) is 0 Å². The van der Waals surface area contributed by atoms with Crippen LogP contribution in [0, 0.1) is 0 Å². The molecule has 0 aliphatic carbocycles. The summed E-state index contributed by atoms with van der Waals surface area (Å²) in [7, 11) is 0. The zero-order valence-electron chi connectivity index (χ0n) is 40.2. The molecule has 20 N–H and O–H groups in total. The first-order valence-electron chi connectivity index (χ1n) is 24.6. The van der Waals surface area contributed by atoms with E-state index in [9.17, 15) is 107 Å². The fourth-order valence-electron chi connectivity index (χ4n) is 10.4. The Morgan fingerprint density at radius 1 is 0.195 bits per heavy atom. The second-order valence-corrected chi connectivity index (χ2v) is 19.6. The molecule has 77 heavy (non-hydrogen) atoms. The summed E-state index contributed by atoms with van der Waals surface area (Å²) in [5, 5.41) is 220. The van der Waals surface area contributed by atoms with Crippen molar-refractivity contribution >= 4 is 0 Å². The summed E-state index contributed by atoms with van der Waals surface area (Å²) in [6, 6.07) is 0. The topological polar surface area (TPSA) is 534 Å². The maximum atomic E-state index is 14.8. The smallest absolute Gasteiger partial charge is 0.187 e. The molecule has 0 aromatic carbocycles. The molecule has 34 nitrogen and oxygen atoms in total. The monoisotopic (exact) mass is 1140 g/mol. The summed E-state index contributed by atoms with van der Waals surface area (Å²) in [5.41, 5.74) is 0. The molecular weight excluding hydrogens is 1070 g/mol. The van der Waals surface area contributed by atoms with Gasteiger partial charge >= 0.3 is 0 Å². The number of halogens is 1. The molecule has 1 unspecified atom stereocenters. The molecule has 35 heteroatoms. The van der Waals surface area contributed by atoms with Crippen molar-refractivity contribution in [3.8, 4) is 0 Å². The van der Waals surface area contributed by atoms with Crippen molar-refractivity contribution in [2.24, 2.45) is 0 Å². The molecule has 14 bridgehead atoms. The van der Waals surface area contributed by atoms with E-state index in [1.807, 2.05) is 0 Å². The molecule has 21 heterocycles. The molecule has 21 aliphatic rings. The number of ether oxygens (including phenoxy) is 14. The molecule has 35 atom stereocenters. The van der Waals surface area contributed by atoms with E-state index in [-0.39, 0.29) is 0 Å². The Labute approximate surface area is 433 Å². The fraction of sp³-hybridized carbons (Fsp3) is 1.00. The number of alkyl halides is 1. The summed E-state index contributed by atoms with van der Waals surface area (Å²) >= 11 is 0. The van der Waals surface area contributed by atoms with Crippen LogP contribution in [0.2, 0.25) is 0 Å². The van der Waals surface area contributed by atoms with Gasteiger partial charge in [-0.2, -0.15) is 0 Å². The second-order valence-electron chi connectivity index (χ2n) is 19.6. The van der Waals surface area contributed by atoms with Gasteiger partial charge in [-0.1, -0.05) is 0 Å². The third kappa shape index (κ3) is 12.0. The minimum Gasteiger partial charge on any atom is -0.394 e. The molecule has 0 amide bonds. The lowest BCUT2D eigenvalue weighted by Crippen LogP contribution is -2.68. The highest BCUT2D eigenvalue weighted by Gasteiger charge is 2.59. The maximum Gasteiger partial charge on any atom is 0.187 e. The van der Waals surface area contributed by atoms with E-state index < -0.39 is 261 Å². The molecule has 21 fully saturated rings. The summed E-state index contributed by atoms with van der Waals surface area (Å²) in [4.78, 5) is 0. The van der Waals surface area contributed by atoms with Gasteiger partial charge in [-0.25, -0.2) is 4.39 Å². The minimum atomic E-state index is -2.26. The fourth-order valence-corrected chi connectivity index (χ4v) is 10.4. The average Bonchev–Trinajstić information content (AvgIpc) is 3.45. The van der Waals surface area contributed by atoms with Gasteiger partial charge in [-0.3, -0.25) is 0 Å². The van der Waals surface area contributed by atoms with Crippen LogP contribution in [0.4, 0.5) is 4.39 Å². The van der Waals surface area contributed by atoms with Crippen molar-refractivity contribution in [2.75, 3.05) is 46.3 Å². The zero-order valence-corrected chi connectivity index (χ0v) is 40.2. The van der Waals surface area contributed by atoms with Crippen LogP contribution in [0.5, 0.6) is 0 Å². The average molecular weight is 1140 g/mol. The predicted molar refractivity (Wildman–Crippen MR) is 227 cm³/mol. The molecule has 0 aromatic heterocycles. The van der Waals surface area contributed by atoms with Gasteiger partial charge in [0.25, 0.3) is 0 Å². The van der Waals surface area contributed by atoms with Crippen molar-refractivity contribution in [3.05, 3.63) is 0 Å². The van der Waals surface area contributed by atoms with Crippen LogP contribution in [-0.2, 0) is 66.3 Å². The lowest BCUT2D eigenvalue weighted by molar-refractivity contribution is -0.396. The molecule has 448 valence electrons. The van der Waals surface area contributed by atoms with Crippen molar-refractivity contribution in [1.29, 1.82) is 0 Å². The minimum absolute atomic E-state index is 1.05. The molecule has 0 spiro atoms. The maximum absolute atomic E-state index is 14.8. The normalized spacial score (nSPS) is 55.4. The number of hydrogen-bond donors (Lipinski definition) is 20. The lowest BCUT2D eigenvalue weighted by Gasteiger charge is -2.50. The van der Waals surface area contributed by atoms with Gasteiger partial charge in [0, 0.05) is 0 Å². The Kier molecular flexibility index (Phi) is 20.8. The van der Waals surface area contributed by atoms with Crippen molar-refractivity contribution in [2.45, 2.75) is 215 Å². The zero-order chi connectivity index (χ0) is 56.1. The first-order valence-corrected chi connectivity index (χ1v) is 24.6. The van der Waals surface area contributed by atoms with Gasteiger partial charge in [0.1, 0.15) is 178 Å². The van der Waals surface area contributed by atoms with Crippen LogP contribution < -0.4 is 0 Å². The highest BCUT2D eigenvalue weighted by atomic mass is 19.1. The lowest BCUT2D eigenvalue weighted by atomic mass is 9.95.